The Kier molecular flexibility index (Phi) is 3.80. The number of alkyl halides is 2. The van der Waals surface area contributed by atoms with Crippen LogP contribution in [-0.2, 0) is 10.2 Å². The summed E-state index contributed by atoms with van der Waals surface area (Å²) in [4.78, 5) is 3.82. The van der Waals surface area contributed by atoms with Crippen molar-refractivity contribution in [2.45, 2.75) is 6.61 Å². The van der Waals surface area contributed by atoms with Gasteiger partial charge in [0.15, 0.2) is 0 Å². The number of fused-ring (bicyclic) bond motifs is 1. The van der Waals surface area contributed by atoms with Crippen LogP contribution in [0.4, 0.5) is 8.78 Å². The fraction of sp³-hybridized carbons (Fsp3) is 0.273. The Hall–Kier alpha value is -2.25. The van der Waals surface area contributed by atoms with Gasteiger partial charge in [0.2, 0.25) is 5.82 Å². The molecule has 0 atom stereocenters. The molecule has 0 bridgehead atoms. The first-order valence-electron chi connectivity index (χ1n) is 5.58. The summed E-state index contributed by atoms with van der Waals surface area (Å²) in [6.45, 7) is -3.01. The standard InChI is InChI=1S/C11H10F2N4O3S/c1-16(2)21(18,19)17-9-4-3-7(20-11(12)13)5-8(9)15-10(17)6-14/h3-5,11H,1-2H3. The number of aromatic nitrogens is 2. The second kappa shape index (κ2) is 5.27. The zero-order valence-electron chi connectivity index (χ0n) is 11.0. The van der Waals surface area contributed by atoms with Crippen LogP contribution in [0.3, 0.4) is 0 Å². The van der Waals surface area contributed by atoms with Crippen LogP contribution in [0.2, 0.25) is 0 Å². The van der Waals surface area contributed by atoms with Crippen LogP contribution >= 0.6 is 0 Å². The van der Waals surface area contributed by atoms with E-state index in [-0.39, 0.29) is 22.6 Å². The number of ether oxygens (including phenoxy) is 1. The molecule has 0 aliphatic rings. The minimum absolute atomic E-state index is 0.0649. The van der Waals surface area contributed by atoms with Crippen molar-refractivity contribution < 1.29 is 21.9 Å². The lowest BCUT2D eigenvalue weighted by molar-refractivity contribution is -0.0497. The van der Waals surface area contributed by atoms with Gasteiger partial charge in [-0.2, -0.15) is 30.7 Å². The van der Waals surface area contributed by atoms with Crippen LogP contribution < -0.4 is 4.74 Å². The maximum absolute atomic E-state index is 12.2. The molecule has 1 aromatic heterocycles. The van der Waals surface area contributed by atoms with Crippen LogP contribution in [0.15, 0.2) is 18.2 Å². The van der Waals surface area contributed by atoms with Gasteiger partial charge in [-0.05, 0) is 12.1 Å². The first kappa shape index (κ1) is 15.1. The maximum Gasteiger partial charge on any atom is 0.387 e. The fourth-order valence-electron chi connectivity index (χ4n) is 1.68. The van der Waals surface area contributed by atoms with Crippen molar-refractivity contribution in [3.05, 3.63) is 24.0 Å². The van der Waals surface area contributed by atoms with Crippen molar-refractivity contribution in [3.8, 4) is 11.8 Å². The Morgan fingerprint density at radius 2 is 2.10 bits per heavy atom. The summed E-state index contributed by atoms with van der Waals surface area (Å²) in [5, 5.41) is 9.01. The van der Waals surface area contributed by atoms with Gasteiger partial charge in [-0.3, -0.25) is 0 Å². The normalized spacial score (nSPS) is 12.0. The summed E-state index contributed by atoms with van der Waals surface area (Å²) in [6, 6.07) is 5.24. The Labute approximate surface area is 119 Å². The van der Waals surface area contributed by atoms with Crippen molar-refractivity contribution in [1.29, 1.82) is 5.26 Å². The Bertz CT molecular complexity index is 824. The molecule has 0 fully saturated rings. The molecule has 0 aliphatic carbocycles. The molecule has 112 valence electrons. The molecule has 0 N–H and O–H groups in total. The summed E-state index contributed by atoms with van der Waals surface area (Å²) in [5.41, 5.74) is 0.164. The van der Waals surface area contributed by atoms with E-state index in [1.54, 1.807) is 6.07 Å². The quantitative estimate of drug-likeness (QED) is 0.844. The van der Waals surface area contributed by atoms with Crippen LogP contribution in [-0.4, -0.2) is 42.4 Å². The highest BCUT2D eigenvalue weighted by molar-refractivity contribution is 7.87. The van der Waals surface area contributed by atoms with Crippen molar-refractivity contribution >= 4 is 21.2 Å². The number of nitriles is 1. The summed E-state index contributed by atoms with van der Waals surface area (Å²) >= 11 is 0. The van der Waals surface area contributed by atoms with Crippen LogP contribution in [0.5, 0.6) is 5.75 Å². The van der Waals surface area contributed by atoms with Crippen molar-refractivity contribution in [3.63, 3.8) is 0 Å². The van der Waals surface area contributed by atoms with Gasteiger partial charge in [-0.15, -0.1) is 0 Å². The minimum Gasteiger partial charge on any atom is -0.435 e. The van der Waals surface area contributed by atoms with E-state index in [0.29, 0.717) is 0 Å². The molecule has 1 heterocycles. The van der Waals surface area contributed by atoms with E-state index in [1.807, 2.05) is 0 Å². The van der Waals surface area contributed by atoms with Crippen LogP contribution in [0, 0.1) is 11.3 Å². The molecule has 2 rings (SSSR count). The number of benzene rings is 1. The topological polar surface area (TPSA) is 88.2 Å². The van der Waals surface area contributed by atoms with Gasteiger partial charge in [0.1, 0.15) is 11.8 Å². The number of nitrogens with zero attached hydrogens (tertiary/aromatic N) is 4. The average Bonchev–Trinajstić information content (AvgIpc) is 2.75. The van der Waals surface area contributed by atoms with Crippen molar-refractivity contribution in [1.82, 2.24) is 13.3 Å². The van der Waals surface area contributed by atoms with E-state index in [4.69, 9.17) is 5.26 Å². The highest BCUT2D eigenvalue weighted by atomic mass is 32.2. The first-order chi connectivity index (χ1) is 9.77. The average molecular weight is 316 g/mol. The van der Waals surface area contributed by atoms with Gasteiger partial charge < -0.3 is 4.74 Å². The maximum atomic E-state index is 12.2. The second-order valence-electron chi connectivity index (χ2n) is 4.13. The van der Waals surface area contributed by atoms with E-state index in [1.165, 1.54) is 26.2 Å². The smallest absolute Gasteiger partial charge is 0.387 e. The summed E-state index contributed by atoms with van der Waals surface area (Å²) < 4.78 is 54.6. The highest BCUT2D eigenvalue weighted by Crippen LogP contribution is 2.24. The molecule has 21 heavy (non-hydrogen) atoms. The molecular weight excluding hydrogens is 306 g/mol. The number of imidazole rings is 1. The van der Waals surface area contributed by atoms with Gasteiger partial charge in [-0.1, -0.05) is 0 Å². The fourth-order valence-corrected chi connectivity index (χ4v) is 2.71. The molecule has 0 saturated heterocycles. The number of halogens is 2. The molecule has 0 aliphatic heterocycles. The van der Waals surface area contributed by atoms with Gasteiger partial charge in [0, 0.05) is 20.2 Å². The van der Waals surface area contributed by atoms with E-state index < -0.39 is 16.8 Å². The first-order valence-corrected chi connectivity index (χ1v) is 6.97. The van der Waals surface area contributed by atoms with Gasteiger partial charge in [-0.25, -0.2) is 4.98 Å². The van der Waals surface area contributed by atoms with E-state index in [9.17, 15) is 17.2 Å². The minimum atomic E-state index is -3.96. The summed E-state index contributed by atoms with van der Waals surface area (Å²) in [5.74, 6) is -0.540. The van der Waals surface area contributed by atoms with Crippen molar-refractivity contribution in [2.75, 3.05) is 14.1 Å². The Morgan fingerprint density at radius 1 is 1.43 bits per heavy atom. The third-order valence-electron chi connectivity index (χ3n) is 2.60. The molecular formula is C11H10F2N4O3S. The number of hydrogen-bond acceptors (Lipinski definition) is 5. The predicted octanol–water partition coefficient (Wildman–Crippen LogP) is 1.16. The van der Waals surface area contributed by atoms with Crippen molar-refractivity contribution in [2.24, 2.45) is 0 Å². The van der Waals surface area contributed by atoms with Gasteiger partial charge in [0.25, 0.3) is 0 Å². The molecule has 10 heteroatoms. The zero-order chi connectivity index (χ0) is 15.8. The molecule has 0 radical (unpaired) electrons. The zero-order valence-corrected chi connectivity index (χ0v) is 11.8. The molecule has 2 aromatic rings. The summed E-state index contributed by atoms with van der Waals surface area (Å²) in [7, 11) is -1.36. The largest absolute Gasteiger partial charge is 0.435 e. The monoisotopic (exact) mass is 316 g/mol. The van der Waals surface area contributed by atoms with Gasteiger partial charge in [0.05, 0.1) is 11.0 Å². The van der Waals surface area contributed by atoms with Crippen LogP contribution in [0.25, 0.3) is 11.0 Å². The van der Waals surface area contributed by atoms with E-state index in [2.05, 4.69) is 9.72 Å². The molecule has 0 amide bonds. The third kappa shape index (κ3) is 2.65. The van der Waals surface area contributed by atoms with E-state index >= 15 is 0 Å². The second-order valence-corrected chi connectivity index (χ2v) is 6.12. The van der Waals surface area contributed by atoms with Gasteiger partial charge >= 0.3 is 16.8 Å². The Morgan fingerprint density at radius 3 is 2.62 bits per heavy atom. The summed E-state index contributed by atoms with van der Waals surface area (Å²) in [6.07, 6.45) is 0. The third-order valence-corrected chi connectivity index (χ3v) is 4.36. The highest BCUT2D eigenvalue weighted by Gasteiger charge is 2.24. The van der Waals surface area contributed by atoms with E-state index in [0.717, 1.165) is 14.3 Å². The lowest BCUT2D eigenvalue weighted by Gasteiger charge is -2.13. The Balaban J connectivity index is 2.70. The van der Waals surface area contributed by atoms with Crippen LogP contribution in [0.1, 0.15) is 5.82 Å². The number of rotatable bonds is 4. The number of hydrogen-bond donors (Lipinski definition) is 0. The predicted molar refractivity (Wildman–Crippen MR) is 69.1 cm³/mol. The molecule has 0 unspecified atom stereocenters. The SMILES string of the molecule is CN(C)S(=O)(=O)n1c(C#N)nc2cc(OC(F)F)ccc21. The lowest BCUT2D eigenvalue weighted by atomic mass is 10.3. The lowest BCUT2D eigenvalue weighted by Crippen LogP contribution is -2.29. The molecule has 1 aromatic carbocycles. The molecule has 7 nitrogen and oxygen atoms in total. The molecule has 0 spiro atoms. The molecule has 0 saturated carbocycles.